The zero-order valence-electron chi connectivity index (χ0n) is 16.7. The molecule has 4 aromatic rings. The van der Waals surface area contributed by atoms with Crippen LogP contribution in [0.4, 0.5) is 0 Å². The Bertz CT molecular complexity index is 1210. The summed E-state index contributed by atoms with van der Waals surface area (Å²) in [6.07, 6.45) is 0. The molecular weight excluding hydrogens is 376 g/mol. The van der Waals surface area contributed by atoms with Crippen molar-refractivity contribution in [2.24, 2.45) is 0 Å². The van der Waals surface area contributed by atoms with Crippen molar-refractivity contribution in [3.05, 3.63) is 107 Å². The molecule has 0 aliphatic carbocycles. The molecule has 5 nitrogen and oxygen atoms in total. The number of aromatic amines is 1. The number of H-pyrrole nitrogens is 1. The van der Waals surface area contributed by atoms with Gasteiger partial charge in [0.2, 0.25) is 0 Å². The molecule has 0 fully saturated rings. The number of benzene rings is 3. The summed E-state index contributed by atoms with van der Waals surface area (Å²) in [6.45, 7) is 2.43. The Morgan fingerprint density at radius 2 is 1.57 bits per heavy atom. The smallest absolute Gasteiger partial charge is 0.338 e. The fourth-order valence-corrected chi connectivity index (χ4v) is 3.52. The van der Waals surface area contributed by atoms with E-state index in [0.29, 0.717) is 18.7 Å². The number of nitrogens with zero attached hydrogens (tertiary/aromatic N) is 1. The second-order valence-corrected chi connectivity index (χ2v) is 6.89. The number of hydrogen-bond donors (Lipinski definition) is 1. The van der Waals surface area contributed by atoms with Crippen molar-refractivity contribution in [1.82, 2.24) is 9.55 Å². The van der Waals surface area contributed by atoms with Crippen LogP contribution in [-0.4, -0.2) is 22.1 Å². The third-order valence-electron chi connectivity index (χ3n) is 4.87. The fourth-order valence-electron chi connectivity index (χ4n) is 3.52. The Kier molecular flexibility index (Phi) is 5.61. The molecule has 0 saturated heterocycles. The molecule has 0 aliphatic rings. The van der Waals surface area contributed by atoms with Gasteiger partial charge in [-0.3, -0.25) is 4.57 Å². The first-order valence-electron chi connectivity index (χ1n) is 9.87. The average Bonchev–Trinajstić information content (AvgIpc) is 3.11. The lowest BCUT2D eigenvalue weighted by molar-refractivity contribution is 0.0526. The molecule has 0 radical (unpaired) electrons. The van der Waals surface area contributed by atoms with E-state index in [2.05, 4.69) is 4.98 Å². The first kappa shape index (κ1) is 19.5. The molecule has 4 rings (SSSR count). The lowest BCUT2D eigenvalue weighted by Crippen LogP contribution is -2.18. The van der Waals surface area contributed by atoms with Gasteiger partial charge in [-0.1, -0.05) is 72.8 Å². The highest BCUT2D eigenvalue weighted by Gasteiger charge is 2.18. The van der Waals surface area contributed by atoms with Crippen molar-refractivity contribution in [1.29, 1.82) is 0 Å². The normalized spacial score (nSPS) is 10.7. The van der Waals surface area contributed by atoms with Gasteiger partial charge in [0.05, 0.1) is 30.1 Å². The summed E-state index contributed by atoms with van der Waals surface area (Å²) in [7, 11) is 0. The summed E-state index contributed by atoms with van der Waals surface area (Å²) < 4.78 is 6.81. The van der Waals surface area contributed by atoms with E-state index in [0.717, 1.165) is 28.1 Å². The molecule has 0 unspecified atom stereocenters. The number of hydrogen-bond acceptors (Lipinski definition) is 3. The maximum atomic E-state index is 12.9. The molecule has 0 aliphatic heterocycles. The van der Waals surface area contributed by atoms with Crippen LogP contribution in [-0.2, 0) is 11.3 Å². The van der Waals surface area contributed by atoms with Crippen molar-refractivity contribution in [3.63, 3.8) is 0 Å². The van der Waals surface area contributed by atoms with Crippen molar-refractivity contribution >= 4 is 5.97 Å². The van der Waals surface area contributed by atoms with Gasteiger partial charge in [-0.15, -0.1) is 0 Å². The minimum absolute atomic E-state index is 0.200. The van der Waals surface area contributed by atoms with Gasteiger partial charge in [0, 0.05) is 11.1 Å². The zero-order valence-corrected chi connectivity index (χ0v) is 16.7. The molecule has 1 heterocycles. The van der Waals surface area contributed by atoms with Gasteiger partial charge in [-0.25, -0.2) is 9.59 Å². The summed E-state index contributed by atoms with van der Waals surface area (Å²) in [4.78, 5) is 28.1. The molecule has 3 aromatic carbocycles. The third-order valence-corrected chi connectivity index (χ3v) is 4.87. The number of ether oxygens (including phenoxy) is 1. The van der Waals surface area contributed by atoms with Crippen LogP contribution in [0.25, 0.3) is 22.5 Å². The predicted octanol–water partition coefficient (Wildman–Crippen LogP) is 4.74. The quantitative estimate of drug-likeness (QED) is 0.477. The monoisotopic (exact) mass is 398 g/mol. The minimum Gasteiger partial charge on any atom is -0.462 e. The van der Waals surface area contributed by atoms with E-state index in [1.807, 2.05) is 66.7 Å². The summed E-state index contributed by atoms with van der Waals surface area (Å²) in [5.41, 5.74) is 4.58. The molecule has 0 bridgehead atoms. The lowest BCUT2D eigenvalue weighted by atomic mass is 10.0. The van der Waals surface area contributed by atoms with E-state index in [9.17, 15) is 9.59 Å². The number of rotatable bonds is 6. The summed E-state index contributed by atoms with van der Waals surface area (Å²) in [5.74, 6) is -0.367. The first-order valence-corrected chi connectivity index (χ1v) is 9.87. The van der Waals surface area contributed by atoms with Crippen molar-refractivity contribution < 1.29 is 9.53 Å². The topological polar surface area (TPSA) is 64.1 Å². The molecule has 150 valence electrons. The van der Waals surface area contributed by atoms with E-state index in [1.54, 1.807) is 29.7 Å². The molecule has 30 heavy (non-hydrogen) atoms. The van der Waals surface area contributed by atoms with Gasteiger partial charge in [0.1, 0.15) is 0 Å². The van der Waals surface area contributed by atoms with E-state index in [1.165, 1.54) is 0 Å². The van der Waals surface area contributed by atoms with Crippen molar-refractivity contribution in [2.45, 2.75) is 13.5 Å². The minimum atomic E-state index is -0.367. The number of carbonyl (C=O) groups excluding carboxylic acids is 1. The van der Waals surface area contributed by atoms with Crippen LogP contribution in [0, 0.1) is 0 Å². The van der Waals surface area contributed by atoms with Crippen LogP contribution in [0.2, 0.25) is 0 Å². The maximum Gasteiger partial charge on any atom is 0.338 e. The third kappa shape index (κ3) is 3.96. The molecule has 5 heteroatoms. The summed E-state index contributed by atoms with van der Waals surface area (Å²) >= 11 is 0. The van der Waals surface area contributed by atoms with Gasteiger partial charge in [0.25, 0.3) is 0 Å². The second kappa shape index (κ2) is 8.66. The number of imidazole rings is 1. The van der Waals surface area contributed by atoms with E-state index >= 15 is 0 Å². The molecule has 0 saturated carbocycles. The fraction of sp³-hybridized carbons (Fsp3) is 0.120. The summed E-state index contributed by atoms with van der Waals surface area (Å²) in [5, 5.41) is 0. The molecule has 0 amide bonds. The Morgan fingerprint density at radius 1 is 0.900 bits per heavy atom. The highest BCUT2D eigenvalue weighted by molar-refractivity contribution is 5.89. The molecule has 0 atom stereocenters. The molecule has 1 aromatic heterocycles. The van der Waals surface area contributed by atoms with Crippen LogP contribution < -0.4 is 5.69 Å². The number of carbonyl (C=O) groups is 1. The first-order chi connectivity index (χ1) is 14.7. The van der Waals surface area contributed by atoms with Gasteiger partial charge in [-0.2, -0.15) is 0 Å². The van der Waals surface area contributed by atoms with Crippen LogP contribution in [0.15, 0.2) is 89.7 Å². The molecule has 1 N–H and O–H groups in total. The second-order valence-electron chi connectivity index (χ2n) is 6.89. The van der Waals surface area contributed by atoms with Crippen molar-refractivity contribution in [3.8, 4) is 22.5 Å². The SMILES string of the molecule is CCOC(=O)c1cccc(Cn2c(-c3ccccc3)c(-c3ccccc3)[nH]c2=O)c1. The molecule has 0 spiro atoms. The highest BCUT2D eigenvalue weighted by atomic mass is 16.5. The maximum absolute atomic E-state index is 12.9. The predicted molar refractivity (Wildman–Crippen MR) is 117 cm³/mol. The largest absolute Gasteiger partial charge is 0.462 e. The van der Waals surface area contributed by atoms with Crippen LogP contribution >= 0.6 is 0 Å². The van der Waals surface area contributed by atoms with E-state index < -0.39 is 0 Å². The van der Waals surface area contributed by atoms with Gasteiger partial charge >= 0.3 is 11.7 Å². The molecular formula is C25H22N2O3. The Hall–Kier alpha value is -3.86. The zero-order chi connectivity index (χ0) is 20.9. The van der Waals surface area contributed by atoms with Crippen LogP contribution in [0.3, 0.4) is 0 Å². The number of aromatic nitrogens is 2. The average molecular weight is 398 g/mol. The van der Waals surface area contributed by atoms with Crippen LogP contribution in [0.1, 0.15) is 22.8 Å². The van der Waals surface area contributed by atoms with Gasteiger partial charge in [-0.05, 0) is 24.6 Å². The van der Waals surface area contributed by atoms with E-state index in [-0.39, 0.29) is 11.7 Å². The standard InChI is InChI=1S/C25H22N2O3/c1-2-30-24(28)21-15-9-10-18(16-21)17-27-23(20-13-7-4-8-14-20)22(26-25(27)29)19-11-5-3-6-12-19/h3-16H,2,17H2,1H3,(H,26,29). The van der Waals surface area contributed by atoms with Gasteiger partial charge < -0.3 is 9.72 Å². The summed E-state index contributed by atoms with van der Waals surface area (Å²) in [6, 6.07) is 26.8. The Labute approximate surface area is 174 Å². The van der Waals surface area contributed by atoms with Crippen LogP contribution in [0.5, 0.6) is 0 Å². The number of nitrogens with one attached hydrogen (secondary N) is 1. The van der Waals surface area contributed by atoms with Gasteiger partial charge in [0.15, 0.2) is 0 Å². The Balaban J connectivity index is 1.81. The highest BCUT2D eigenvalue weighted by Crippen LogP contribution is 2.30. The van der Waals surface area contributed by atoms with E-state index in [4.69, 9.17) is 4.74 Å². The van der Waals surface area contributed by atoms with Crippen molar-refractivity contribution in [2.75, 3.05) is 6.61 Å². The Morgan fingerprint density at radius 3 is 2.23 bits per heavy atom. The number of esters is 1. The lowest BCUT2D eigenvalue weighted by Gasteiger charge is -2.11.